The van der Waals surface area contributed by atoms with E-state index in [1.807, 2.05) is 20.8 Å². The molecule has 1 heterocycles. The molecule has 0 aromatic rings. The quantitative estimate of drug-likeness (QED) is 0.778. The number of carbonyl (C=O) groups is 1. The van der Waals surface area contributed by atoms with Crippen LogP contribution in [0.2, 0.25) is 0 Å². The van der Waals surface area contributed by atoms with Crippen LogP contribution in [0, 0.1) is 0 Å². The minimum Gasteiger partial charge on any atom is -0.444 e. The second-order valence-corrected chi connectivity index (χ2v) is 6.57. The zero-order chi connectivity index (χ0) is 12.7. The van der Waals surface area contributed by atoms with E-state index in [4.69, 9.17) is 4.74 Å². The minimum absolute atomic E-state index is 0.0455. The van der Waals surface area contributed by atoms with Gasteiger partial charge in [-0.05, 0) is 59.9 Å². The number of alkyl carbamates (subject to hydrolysis) is 1. The summed E-state index contributed by atoms with van der Waals surface area (Å²) in [5.41, 5.74) is -0.458. The lowest BCUT2D eigenvalue weighted by Gasteiger charge is -2.36. The first-order valence-corrected chi connectivity index (χ1v) is 6.53. The molecule has 17 heavy (non-hydrogen) atoms. The lowest BCUT2D eigenvalue weighted by molar-refractivity contribution is 0.0460. The van der Waals surface area contributed by atoms with Crippen LogP contribution in [-0.4, -0.2) is 29.3 Å². The number of hydrogen-bond acceptors (Lipinski definition) is 3. The van der Waals surface area contributed by atoms with Crippen molar-refractivity contribution in [3.8, 4) is 0 Å². The molecular formula is C13H24N2O2. The molecule has 0 aromatic carbocycles. The van der Waals surface area contributed by atoms with Crippen LogP contribution in [0.4, 0.5) is 4.79 Å². The Kier molecular flexibility index (Phi) is 2.89. The number of hydrogen-bond donors (Lipinski definition) is 2. The summed E-state index contributed by atoms with van der Waals surface area (Å²) < 4.78 is 5.34. The van der Waals surface area contributed by atoms with Crippen molar-refractivity contribution >= 4 is 6.09 Å². The predicted octanol–water partition coefficient (Wildman–Crippen LogP) is 2.19. The van der Waals surface area contributed by atoms with Crippen molar-refractivity contribution in [2.45, 2.75) is 70.1 Å². The standard InChI is InChI=1S/C13H24N2O2/c1-11(2,3)17-10(16)15-13(7-8-13)12(4)6-5-9-14-12/h14H,5-9H2,1-4H3,(H,15,16). The highest BCUT2D eigenvalue weighted by Crippen LogP contribution is 2.48. The molecule has 1 aliphatic heterocycles. The van der Waals surface area contributed by atoms with Gasteiger partial charge in [0.1, 0.15) is 5.60 Å². The van der Waals surface area contributed by atoms with Crippen LogP contribution in [-0.2, 0) is 4.74 Å². The Labute approximate surface area is 103 Å². The molecule has 2 fully saturated rings. The Balaban J connectivity index is 1.96. The highest BCUT2D eigenvalue weighted by Gasteiger charge is 2.58. The van der Waals surface area contributed by atoms with Crippen molar-refractivity contribution in [3.05, 3.63) is 0 Å². The fourth-order valence-electron chi connectivity index (χ4n) is 2.74. The second kappa shape index (κ2) is 3.87. The van der Waals surface area contributed by atoms with E-state index in [9.17, 15) is 4.79 Å². The van der Waals surface area contributed by atoms with Crippen molar-refractivity contribution in [1.29, 1.82) is 0 Å². The van der Waals surface area contributed by atoms with Crippen molar-refractivity contribution in [3.63, 3.8) is 0 Å². The van der Waals surface area contributed by atoms with Gasteiger partial charge in [0, 0.05) is 5.54 Å². The number of nitrogens with one attached hydrogen (secondary N) is 2. The van der Waals surface area contributed by atoms with E-state index in [2.05, 4.69) is 17.6 Å². The van der Waals surface area contributed by atoms with Gasteiger partial charge in [-0.25, -0.2) is 4.79 Å². The third-order valence-electron chi connectivity index (χ3n) is 3.92. The van der Waals surface area contributed by atoms with Crippen molar-refractivity contribution in [2.75, 3.05) is 6.54 Å². The summed E-state index contributed by atoms with van der Waals surface area (Å²) in [7, 11) is 0. The molecule has 1 amide bonds. The molecule has 1 unspecified atom stereocenters. The van der Waals surface area contributed by atoms with Crippen LogP contribution in [0.5, 0.6) is 0 Å². The summed E-state index contributed by atoms with van der Waals surface area (Å²) in [6.07, 6.45) is 4.13. The van der Waals surface area contributed by atoms with Crippen LogP contribution in [0.25, 0.3) is 0 Å². The number of rotatable bonds is 2. The van der Waals surface area contributed by atoms with Gasteiger partial charge in [-0.3, -0.25) is 0 Å². The van der Waals surface area contributed by atoms with Gasteiger partial charge in [-0.15, -0.1) is 0 Å². The van der Waals surface area contributed by atoms with Crippen molar-refractivity contribution in [2.24, 2.45) is 0 Å². The summed E-state index contributed by atoms with van der Waals surface area (Å²) >= 11 is 0. The molecule has 1 saturated carbocycles. The number of carbonyl (C=O) groups excluding carboxylic acids is 1. The Morgan fingerprint density at radius 2 is 1.94 bits per heavy atom. The third-order valence-corrected chi connectivity index (χ3v) is 3.92. The molecule has 1 aliphatic carbocycles. The lowest BCUT2D eigenvalue weighted by Crippen LogP contribution is -2.59. The van der Waals surface area contributed by atoms with Gasteiger partial charge in [-0.1, -0.05) is 0 Å². The van der Waals surface area contributed by atoms with Gasteiger partial charge in [-0.2, -0.15) is 0 Å². The van der Waals surface area contributed by atoms with E-state index >= 15 is 0 Å². The van der Waals surface area contributed by atoms with E-state index in [0.717, 1.165) is 25.8 Å². The first kappa shape index (κ1) is 12.7. The van der Waals surface area contributed by atoms with Crippen LogP contribution < -0.4 is 10.6 Å². The number of ether oxygens (including phenoxy) is 1. The normalized spacial score (nSPS) is 31.1. The van der Waals surface area contributed by atoms with Gasteiger partial charge in [0.2, 0.25) is 0 Å². The molecule has 1 saturated heterocycles. The second-order valence-electron chi connectivity index (χ2n) is 6.57. The van der Waals surface area contributed by atoms with Gasteiger partial charge in [0.15, 0.2) is 0 Å². The molecule has 4 nitrogen and oxygen atoms in total. The average molecular weight is 240 g/mol. The molecule has 1 atom stereocenters. The smallest absolute Gasteiger partial charge is 0.408 e. The molecule has 98 valence electrons. The Morgan fingerprint density at radius 3 is 2.35 bits per heavy atom. The molecule has 2 rings (SSSR count). The van der Waals surface area contributed by atoms with E-state index in [-0.39, 0.29) is 17.2 Å². The fourth-order valence-corrected chi connectivity index (χ4v) is 2.74. The SMILES string of the molecule is CC(C)(C)OC(=O)NC1(C2(C)CCCN2)CC1. The Hall–Kier alpha value is -0.770. The van der Waals surface area contributed by atoms with Crippen LogP contribution in [0.1, 0.15) is 53.4 Å². The predicted molar refractivity (Wildman–Crippen MR) is 67.0 cm³/mol. The molecule has 2 aliphatic rings. The van der Waals surface area contributed by atoms with Gasteiger partial charge >= 0.3 is 6.09 Å². The van der Waals surface area contributed by atoms with E-state index in [1.54, 1.807) is 0 Å². The summed E-state index contributed by atoms with van der Waals surface area (Å²) in [6, 6.07) is 0. The molecule has 0 aromatic heterocycles. The average Bonchev–Trinajstić information content (AvgIpc) is 2.78. The first-order chi connectivity index (χ1) is 7.77. The molecule has 0 spiro atoms. The summed E-state index contributed by atoms with van der Waals surface area (Å²) in [5, 5.41) is 6.62. The van der Waals surface area contributed by atoms with E-state index in [1.165, 1.54) is 6.42 Å². The summed E-state index contributed by atoms with van der Waals surface area (Å²) in [6.45, 7) is 8.93. The van der Waals surface area contributed by atoms with Crippen LogP contribution >= 0.6 is 0 Å². The molecule has 4 heteroatoms. The third kappa shape index (κ3) is 2.57. The first-order valence-electron chi connectivity index (χ1n) is 6.53. The highest BCUT2D eigenvalue weighted by atomic mass is 16.6. The van der Waals surface area contributed by atoms with E-state index < -0.39 is 5.60 Å². The molecule has 0 radical (unpaired) electrons. The summed E-state index contributed by atoms with van der Waals surface area (Å²) in [4.78, 5) is 11.9. The highest BCUT2D eigenvalue weighted by molar-refractivity contribution is 5.70. The Morgan fingerprint density at radius 1 is 1.29 bits per heavy atom. The maximum atomic E-state index is 11.9. The maximum absolute atomic E-state index is 11.9. The van der Waals surface area contributed by atoms with E-state index in [0.29, 0.717) is 0 Å². The largest absolute Gasteiger partial charge is 0.444 e. The van der Waals surface area contributed by atoms with Gasteiger partial charge in [0.25, 0.3) is 0 Å². The monoisotopic (exact) mass is 240 g/mol. The molecular weight excluding hydrogens is 216 g/mol. The minimum atomic E-state index is -0.426. The van der Waals surface area contributed by atoms with Crippen molar-refractivity contribution < 1.29 is 9.53 Å². The van der Waals surface area contributed by atoms with Crippen LogP contribution in [0.15, 0.2) is 0 Å². The maximum Gasteiger partial charge on any atom is 0.408 e. The topological polar surface area (TPSA) is 50.4 Å². The lowest BCUT2D eigenvalue weighted by atomic mass is 9.88. The van der Waals surface area contributed by atoms with Gasteiger partial charge in [0.05, 0.1) is 5.54 Å². The molecule has 0 bridgehead atoms. The zero-order valence-corrected chi connectivity index (χ0v) is 11.4. The fraction of sp³-hybridized carbons (Fsp3) is 0.923. The number of amides is 1. The van der Waals surface area contributed by atoms with Crippen LogP contribution in [0.3, 0.4) is 0 Å². The van der Waals surface area contributed by atoms with Gasteiger partial charge < -0.3 is 15.4 Å². The zero-order valence-electron chi connectivity index (χ0n) is 11.4. The molecule has 2 N–H and O–H groups in total. The summed E-state index contributed by atoms with van der Waals surface area (Å²) in [5.74, 6) is 0. The Bertz CT molecular complexity index is 310. The van der Waals surface area contributed by atoms with Crippen molar-refractivity contribution in [1.82, 2.24) is 10.6 Å².